The monoisotopic (exact) mass is 360 g/mol. The molecule has 0 spiro atoms. The van der Waals surface area contributed by atoms with Gasteiger partial charge in [0.2, 0.25) is 20.0 Å². The molecule has 0 aliphatic carbocycles. The van der Waals surface area contributed by atoms with Crippen molar-refractivity contribution in [3.63, 3.8) is 0 Å². The van der Waals surface area contributed by atoms with Crippen LogP contribution in [-0.2, 0) is 20.0 Å². The maximum absolute atomic E-state index is 11.8. The molecule has 114 valence electrons. The number of nitrogens with zero attached hydrogens (tertiary/aromatic N) is 1. The SMILES string of the molecule is CS(=O)(=O)NCCN(c1ccc(Cl)c(Cl)c1)S(C)(=O)=O. The van der Waals surface area contributed by atoms with Crippen molar-refractivity contribution in [3.05, 3.63) is 28.2 Å². The fourth-order valence-electron chi connectivity index (χ4n) is 1.46. The first-order valence-corrected chi connectivity index (χ1v) is 9.87. The number of hydrogen-bond acceptors (Lipinski definition) is 4. The van der Waals surface area contributed by atoms with Crippen LogP contribution in [0.2, 0.25) is 10.0 Å². The fourth-order valence-corrected chi connectivity index (χ4v) is 3.13. The van der Waals surface area contributed by atoms with Crippen molar-refractivity contribution in [1.82, 2.24) is 4.72 Å². The van der Waals surface area contributed by atoms with Crippen LogP contribution >= 0.6 is 23.2 Å². The van der Waals surface area contributed by atoms with Gasteiger partial charge in [0, 0.05) is 13.1 Å². The Bertz CT molecular complexity index is 689. The van der Waals surface area contributed by atoms with Crippen molar-refractivity contribution in [1.29, 1.82) is 0 Å². The van der Waals surface area contributed by atoms with Gasteiger partial charge >= 0.3 is 0 Å². The first-order chi connectivity index (χ1) is 9.00. The molecular weight excluding hydrogens is 347 g/mol. The Hall–Kier alpha value is -0.540. The van der Waals surface area contributed by atoms with Crippen LogP contribution in [0.1, 0.15) is 0 Å². The summed E-state index contributed by atoms with van der Waals surface area (Å²) in [5.41, 5.74) is 0.317. The number of anilines is 1. The Morgan fingerprint density at radius 3 is 2.15 bits per heavy atom. The van der Waals surface area contributed by atoms with E-state index in [4.69, 9.17) is 23.2 Å². The molecule has 0 heterocycles. The molecule has 0 aromatic heterocycles. The fraction of sp³-hybridized carbons (Fsp3) is 0.400. The van der Waals surface area contributed by atoms with Gasteiger partial charge in [-0.05, 0) is 18.2 Å². The van der Waals surface area contributed by atoms with Crippen LogP contribution < -0.4 is 9.03 Å². The van der Waals surface area contributed by atoms with Crippen molar-refractivity contribution < 1.29 is 16.8 Å². The van der Waals surface area contributed by atoms with E-state index in [2.05, 4.69) is 4.72 Å². The zero-order valence-electron chi connectivity index (χ0n) is 10.8. The quantitative estimate of drug-likeness (QED) is 0.828. The summed E-state index contributed by atoms with van der Waals surface area (Å²) in [6, 6.07) is 4.38. The second kappa shape index (κ2) is 6.48. The van der Waals surface area contributed by atoms with Gasteiger partial charge in [-0.25, -0.2) is 21.6 Å². The van der Waals surface area contributed by atoms with Gasteiger partial charge in [-0.15, -0.1) is 0 Å². The molecule has 0 atom stereocenters. The van der Waals surface area contributed by atoms with Crippen molar-refractivity contribution in [2.45, 2.75) is 0 Å². The van der Waals surface area contributed by atoms with Crippen molar-refractivity contribution in [2.24, 2.45) is 0 Å². The Balaban J connectivity index is 2.99. The van der Waals surface area contributed by atoms with Crippen molar-refractivity contribution in [3.8, 4) is 0 Å². The molecule has 1 N–H and O–H groups in total. The van der Waals surface area contributed by atoms with Crippen molar-refractivity contribution >= 4 is 48.9 Å². The summed E-state index contributed by atoms with van der Waals surface area (Å²) in [7, 11) is -6.95. The van der Waals surface area contributed by atoms with Gasteiger partial charge in [0.05, 0.1) is 28.2 Å². The van der Waals surface area contributed by atoms with E-state index in [0.29, 0.717) is 10.7 Å². The third-order valence-electron chi connectivity index (χ3n) is 2.27. The molecule has 0 aliphatic heterocycles. The Morgan fingerprint density at radius 1 is 1.10 bits per heavy atom. The first kappa shape index (κ1) is 17.5. The average Bonchev–Trinajstić information content (AvgIpc) is 2.25. The number of sulfonamides is 2. The molecule has 1 rings (SSSR count). The molecule has 0 amide bonds. The summed E-state index contributed by atoms with van der Waals surface area (Å²) >= 11 is 11.6. The van der Waals surface area contributed by atoms with Crippen LogP contribution in [-0.4, -0.2) is 42.4 Å². The molecule has 10 heteroatoms. The molecule has 0 saturated heterocycles. The van der Waals surface area contributed by atoms with Crippen LogP contribution in [0.4, 0.5) is 5.69 Å². The van der Waals surface area contributed by atoms with Gasteiger partial charge in [-0.3, -0.25) is 4.31 Å². The number of nitrogens with one attached hydrogen (secondary N) is 1. The van der Waals surface area contributed by atoms with E-state index >= 15 is 0 Å². The van der Waals surface area contributed by atoms with E-state index in [9.17, 15) is 16.8 Å². The lowest BCUT2D eigenvalue weighted by Gasteiger charge is -2.22. The standard InChI is InChI=1S/C10H14Cl2N2O4S2/c1-19(15,16)13-5-6-14(20(2,17)18)8-3-4-9(11)10(12)7-8/h3-4,7,13H,5-6H2,1-2H3. The number of hydrogen-bond donors (Lipinski definition) is 1. The second-order valence-electron chi connectivity index (χ2n) is 4.10. The van der Waals surface area contributed by atoms with Crippen LogP contribution in [0.3, 0.4) is 0 Å². The molecule has 1 aromatic rings. The minimum atomic E-state index is -3.57. The maximum Gasteiger partial charge on any atom is 0.232 e. The molecule has 0 radical (unpaired) electrons. The molecule has 0 bridgehead atoms. The van der Waals surface area contributed by atoms with E-state index in [-0.39, 0.29) is 18.1 Å². The third kappa shape index (κ3) is 5.45. The van der Waals surface area contributed by atoms with Crippen LogP contribution in [0, 0.1) is 0 Å². The molecule has 20 heavy (non-hydrogen) atoms. The highest BCUT2D eigenvalue weighted by molar-refractivity contribution is 7.92. The largest absolute Gasteiger partial charge is 0.269 e. The Morgan fingerprint density at radius 2 is 1.70 bits per heavy atom. The minimum Gasteiger partial charge on any atom is -0.269 e. The van der Waals surface area contributed by atoms with E-state index < -0.39 is 20.0 Å². The molecule has 0 saturated carbocycles. The van der Waals surface area contributed by atoms with Gasteiger partial charge in [0.15, 0.2) is 0 Å². The van der Waals surface area contributed by atoms with E-state index in [0.717, 1.165) is 16.8 Å². The van der Waals surface area contributed by atoms with Gasteiger partial charge in [-0.2, -0.15) is 0 Å². The Labute approximate surface area is 128 Å². The van der Waals surface area contributed by atoms with Gasteiger partial charge in [-0.1, -0.05) is 23.2 Å². The molecule has 1 aromatic carbocycles. The summed E-state index contributed by atoms with van der Waals surface area (Å²) in [6.45, 7) is -0.101. The summed E-state index contributed by atoms with van der Waals surface area (Å²) in [5, 5.41) is 0.520. The normalized spacial score (nSPS) is 12.4. The van der Waals surface area contributed by atoms with E-state index in [1.807, 2.05) is 0 Å². The predicted molar refractivity (Wildman–Crippen MR) is 81.5 cm³/mol. The molecular formula is C10H14Cl2N2O4S2. The first-order valence-electron chi connectivity index (χ1n) is 5.38. The summed E-state index contributed by atoms with van der Waals surface area (Å²) in [4.78, 5) is 0. The Kier molecular flexibility index (Phi) is 5.68. The zero-order chi connectivity index (χ0) is 15.6. The van der Waals surface area contributed by atoms with Crippen LogP contribution in [0.25, 0.3) is 0 Å². The summed E-state index contributed by atoms with van der Waals surface area (Å²) in [5.74, 6) is 0. The smallest absolute Gasteiger partial charge is 0.232 e. The maximum atomic E-state index is 11.8. The summed E-state index contributed by atoms with van der Waals surface area (Å²) in [6.07, 6.45) is 2.02. The lowest BCUT2D eigenvalue weighted by molar-refractivity contribution is 0.583. The molecule has 0 aliphatic rings. The lowest BCUT2D eigenvalue weighted by atomic mass is 10.3. The van der Waals surface area contributed by atoms with Crippen LogP contribution in [0.15, 0.2) is 18.2 Å². The average molecular weight is 361 g/mol. The van der Waals surface area contributed by atoms with E-state index in [1.165, 1.54) is 18.2 Å². The zero-order valence-corrected chi connectivity index (χ0v) is 13.9. The highest BCUT2D eigenvalue weighted by Gasteiger charge is 2.18. The highest BCUT2D eigenvalue weighted by atomic mass is 35.5. The van der Waals surface area contributed by atoms with E-state index in [1.54, 1.807) is 0 Å². The van der Waals surface area contributed by atoms with Gasteiger partial charge < -0.3 is 0 Å². The summed E-state index contributed by atoms with van der Waals surface area (Å²) < 4.78 is 48.7. The third-order valence-corrected chi connectivity index (χ3v) is 4.93. The molecule has 0 unspecified atom stereocenters. The van der Waals surface area contributed by atoms with Crippen molar-refractivity contribution in [2.75, 3.05) is 29.9 Å². The topological polar surface area (TPSA) is 83.6 Å². The number of benzene rings is 1. The molecule has 6 nitrogen and oxygen atoms in total. The second-order valence-corrected chi connectivity index (χ2v) is 8.65. The van der Waals surface area contributed by atoms with Crippen LogP contribution in [0.5, 0.6) is 0 Å². The highest BCUT2D eigenvalue weighted by Crippen LogP contribution is 2.28. The van der Waals surface area contributed by atoms with Gasteiger partial charge in [0.1, 0.15) is 0 Å². The number of rotatable bonds is 6. The lowest BCUT2D eigenvalue weighted by Crippen LogP contribution is -2.37. The number of halogens is 2. The minimum absolute atomic E-state index is 0.0495. The molecule has 0 fully saturated rings. The predicted octanol–water partition coefficient (Wildman–Crippen LogP) is 1.31. The van der Waals surface area contributed by atoms with Gasteiger partial charge in [0.25, 0.3) is 0 Å².